The smallest absolute Gasteiger partial charge is 0.326 e. The summed E-state index contributed by atoms with van der Waals surface area (Å²) in [5, 5.41) is 13.4. The van der Waals surface area contributed by atoms with Crippen LogP contribution in [0.1, 0.15) is 26.2 Å². The lowest BCUT2D eigenvalue weighted by Crippen LogP contribution is -2.47. The van der Waals surface area contributed by atoms with Crippen LogP contribution in [-0.2, 0) is 14.3 Å². The van der Waals surface area contributed by atoms with Gasteiger partial charge in [-0.25, -0.2) is 9.59 Å². The number of carboxylic acids is 1. The first-order valence-corrected chi connectivity index (χ1v) is 6.10. The van der Waals surface area contributed by atoms with Gasteiger partial charge in [0.1, 0.15) is 6.04 Å². The van der Waals surface area contributed by atoms with Crippen molar-refractivity contribution in [1.82, 2.24) is 10.6 Å². The van der Waals surface area contributed by atoms with E-state index in [0.29, 0.717) is 26.2 Å². The maximum atomic E-state index is 11.3. The number of aliphatic carboxylic acids is 1. The van der Waals surface area contributed by atoms with E-state index in [4.69, 9.17) is 15.6 Å². The number of ether oxygens (including phenoxy) is 1. The van der Waals surface area contributed by atoms with Crippen molar-refractivity contribution in [1.29, 1.82) is 0 Å². The van der Waals surface area contributed by atoms with Gasteiger partial charge in [-0.15, -0.1) is 0 Å². The van der Waals surface area contributed by atoms with Gasteiger partial charge < -0.3 is 26.2 Å². The molecule has 8 nitrogen and oxygen atoms in total. The van der Waals surface area contributed by atoms with Crippen molar-refractivity contribution < 1.29 is 24.2 Å². The number of carbonyl (C=O) groups is 3. The average molecular weight is 275 g/mol. The van der Waals surface area contributed by atoms with E-state index < -0.39 is 30.4 Å². The van der Waals surface area contributed by atoms with Gasteiger partial charge in [0.25, 0.3) is 0 Å². The molecule has 0 rings (SSSR count). The Morgan fingerprint density at radius 2 is 2.00 bits per heavy atom. The molecule has 1 atom stereocenters. The first kappa shape index (κ1) is 17.2. The van der Waals surface area contributed by atoms with Crippen LogP contribution in [0.4, 0.5) is 4.79 Å². The predicted octanol–water partition coefficient (Wildman–Crippen LogP) is -0.569. The highest BCUT2D eigenvalue weighted by Gasteiger charge is 2.21. The molecule has 0 aliphatic heterocycles. The molecule has 110 valence electrons. The highest BCUT2D eigenvalue weighted by Crippen LogP contribution is 1.91. The fraction of sp³-hybridized carbons (Fsp3) is 0.727. The van der Waals surface area contributed by atoms with E-state index in [1.807, 2.05) is 6.92 Å². The van der Waals surface area contributed by atoms with Crippen LogP contribution < -0.4 is 16.4 Å². The molecule has 0 aliphatic rings. The molecular weight excluding hydrogens is 254 g/mol. The molecule has 0 fully saturated rings. The van der Waals surface area contributed by atoms with Crippen molar-refractivity contribution >= 4 is 17.9 Å². The number of hydrogen-bond donors (Lipinski definition) is 4. The molecule has 0 radical (unpaired) electrons. The number of rotatable bonds is 10. The maximum absolute atomic E-state index is 11.3. The minimum absolute atomic E-state index is 0.360. The molecule has 0 saturated carbocycles. The van der Waals surface area contributed by atoms with Crippen LogP contribution in [0.25, 0.3) is 0 Å². The minimum Gasteiger partial charge on any atom is -0.480 e. The summed E-state index contributed by atoms with van der Waals surface area (Å²) in [7, 11) is 0. The van der Waals surface area contributed by atoms with Crippen LogP contribution in [0, 0.1) is 0 Å². The Balaban J connectivity index is 3.81. The lowest BCUT2D eigenvalue weighted by atomic mass is 10.2. The number of urea groups is 1. The molecule has 0 saturated heterocycles. The van der Waals surface area contributed by atoms with Gasteiger partial charge in [0.2, 0.25) is 5.91 Å². The standard InChI is InChI=1S/C11H21N3O5/c1-2-5-19-6-3-4-13-11(18)14-8(10(16)17)7-9(12)15/h8H,2-7H2,1H3,(H2,12,15)(H,16,17)(H2,13,14,18)/t8-/m0/s1. The summed E-state index contributed by atoms with van der Waals surface area (Å²) in [6, 6.07) is -1.96. The van der Waals surface area contributed by atoms with Crippen molar-refractivity contribution in [3.05, 3.63) is 0 Å². The number of carbonyl (C=O) groups excluding carboxylic acids is 2. The molecule has 0 heterocycles. The van der Waals surface area contributed by atoms with Crippen molar-refractivity contribution in [3.63, 3.8) is 0 Å². The predicted molar refractivity (Wildman–Crippen MR) is 67.5 cm³/mol. The largest absolute Gasteiger partial charge is 0.480 e. The molecule has 19 heavy (non-hydrogen) atoms. The summed E-state index contributed by atoms with van der Waals surface area (Å²) in [4.78, 5) is 32.7. The maximum Gasteiger partial charge on any atom is 0.326 e. The van der Waals surface area contributed by atoms with Crippen LogP contribution in [0.15, 0.2) is 0 Å². The Morgan fingerprint density at radius 1 is 1.32 bits per heavy atom. The molecule has 0 aromatic heterocycles. The first-order valence-electron chi connectivity index (χ1n) is 6.10. The molecular formula is C11H21N3O5. The number of nitrogens with two attached hydrogens (primary N) is 1. The van der Waals surface area contributed by atoms with Crippen LogP contribution >= 0.6 is 0 Å². The Hall–Kier alpha value is -1.83. The Morgan fingerprint density at radius 3 is 2.53 bits per heavy atom. The minimum atomic E-state index is -1.31. The molecule has 0 aromatic rings. The molecule has 0 aliphatic carbocycles. The number of primary amides is 1. The van der Waals surface area contributed by atoms with E-state index in [2.05, 4.69) is 10.6 Å². The Bertz CT molecular complexity index is 309. The van der Waals surface area contributed by atoms with Crippen molar-refractivity contribution in [2.24, 2.45) is 5.73 Å². The first-order chi connectivity index (χ1) is 8.97. The van der Waals surface area contributed by atoms with Crippen LogP contribution in [0.3, 0.4) is 0 Å². The van der Waals surface area contributed by atoms with Crippen LogP contribution in [0.2, 0.25) is 0 Å². The topological polar surface area (TPSA) is 131 Å². The van der Waals surface area contributed by atoms with Gasteiger partial charge in [0.05, 0.1) is 6.42 Å². The van der Waals surface area contributed by atoms with Crippen molar-refractivity contribution in [2.45, 2.75) is 32.2 Å². The summed E-state index contributed by atoms with van der Waals surface area (Å²) in [6.45, 7) is 3.55. The summed E-state index contributed by atoms with van der Waals surface area (Å²) < 4.78 is 5.21. The van der Waals surface area contributed by atoms with E-state index >= 15 is 0 Å². The highest BCUT2D eigenvalue weighted by atomic mass is 16.5. The van der Waals surface area contributed by atoms with E-state index in [1.54, 1.807) is 0 Å². The molecule has 5 N–H and O–H groups in total. The van der Waals surface area contributed by atoms with Gasteiger partial charge in [-0.05, 0) is 12.8 Å². The number of carboxylic acid groups (broad SMARTS) is 1. The lowest BCUT2D eigenvalue weighted by molar-refractivity contribution is -0.140. The lowest BCUT2D eigenvalue weighted by Gasteiger charge is -2.13. The van der Waals surface area contributed by atoms with Gasteiger partial charge in [-0.1, -0.05) is 6.92 Å². The summed E-state index contributed by atoms with van der Waals surface area (Å²) >= 11 is 0. The third kappa shape index (κ3) is 9.83. The van der Waals surface area contributed by atoms with E-state index in [0.717, 1.165) is 6.42 Å². The van der Waals surface area contributed by atoms with E-state index in [-0.39, 0.29) is 0 Å². The molecule has 0 aromatic carbocycles. The summed E-state index contributed by atoms with van der Waals surface area (Å²) in [6.07, 6.45) is 1.12. The van der Waals surface area contributed by atoms with Gasteiger partial charge in [-0.3, -0.25) is 4.79 Å². The quantitative estimate of drug-likeness (QED) is 0.397. The fourth-order valence-corrected chi connectivity index (χ4v) is 1.23. The monoisotopic (exact) mass is 275 g/mol. The SMILES string of the molecule is CCCOCCCNC(=O)N[C@@H](CC(N)=O)C(=O)O. The highest BCUT2D eigenvalue weighted by molar-refractivity contribution is 5.87. The molecule has 0 bridgehead atoms. The number of nitrogens with one attached hydrogen (secondary N) is 2. The third-order valence-corrected chi connectivity index (χ3v) is 2.11. The second-order valence-electron chi connectivity index (χ2n) is 3.93. The summed E-state index contributed by atoms with van der Waals surface area (Å²) in [5.41, 5.74) is 4.88. The second kappa shape index (κ2) is 10.1. The Kier molecular flexibility index (Phi) is 9.15. The van der Waals surface area contributed by atoms with E-state index in [1.165, 1.54) is 0 Å². The molecule has 0 unspecified atom stereocenters. The zero-order valence-electron chi connectivity index (χ0n) is 11.0. The van der Waals surface area contributed by atoms with Crippen LogP contribution in [-0.4, -0.2) is 48.8 Å². The molecule has 0 spiro atoms. The van der Waals surface area contributed by atoms with Gasteiger partial charge in [-0.2, -0.15) is 0 Å². The summed E-state index contributed by atoms with van der Waals surface area (Å²) in [5.74, 6) is -2.10. The zero-order valence-corrected chi connectivity index (χ0v) is 11.0. The normalized spacial score (nSPS) is 11.6. The molecule has 8 heteroatoms. The average Bonchev–Trinajstić information content (AvgIpc) is 2.32. The Labute approximate surface area is 111 Å². The third-order valence-electron chi connectivity index (χ3n) is 2.11. The second-order valence-corrected chi connectivity index (χ2v) is 3.93. The number of amides is 3. The fourth-order valence-electron chi connectivity index (χ4n) is 1.23. The zero-order chi connectivity index (χ0) is 14.7. The van der Waals surface area contributed by atoms with Crippen molar-refractivity contribution in [3.8, 4) is 0 Å². The van der Waals surface area contributed by atoms with Crippen molar-refractivity contribution in [2.75, 3.05) is 19.8 Å². The van der Waals surface area contributed by atoms with Crippen LogP contribution in [0.5, 0.6) is 0 Å². The van der Waals surface area contributed by atoms with Gasteiger partial charge >= 0.3 is 12.0 Å². The van der Waals surface area contributed by atoms with Gasteiger partial charge in [0.15, 0.2) is 0 Å². The molecule has 3 amide bonds. The number of hydrogen-bond acceptors (Lipinski definition) is 4. The van der Waals surface area contributed by atoms with E-state index in [9.17, 15) is 14.4 Å². The van der Waals surface area contributed by atoms with Gasteiger partial charge in [0, 0.05) is 19.8 Å².